The number of nitrogens with zero attached hydrogens (tertiary/aromatic N) is 3. The summed E-state index contributed by atoms with van der Waals surface area (Å²) in [4.78, 5) is 43.8. The number of amides is 2. The van der Waals surface area contributed by atoms with Gasteiger partial charge in [-0.3, -0.25) is 9.59 Å². The van der Waals surface area contributed by atoms with E-state index in [0.717, 1.165) is 18.8 Å². The zero-order valence-electron chi connectivity index (χ0n) is 20.6. The van der Waals surface area contributed by atoms with E-state index >= 15 is 0 Å². The summed E-state index contributed by atoms with van der Waals surface area (Å²) in [6.45, 7) is 6.36. The average Bonchev–Trinajstić information content (AvgIpc) is 3.18. The monoisotopic (exact) mass is 521 g/mol. The fourth-order valence-electron chi connectivity index (χ4n) is 4.83. The van der Waals surface area contributed by atoms with Gasteiger partial charge in [-0.25, -0.2) is 13.2 Å². The Balaban J connectivity index is 1.30. The molecule has 1 aromatic heterocycles. The van der Waals surface area contributed by atoms with Crippen molar-refractivity contribution in [3.05, 3.63) is 75.0 Å². The van der Waals surface area contributed by atoms with Gasteiger partial charge in [-0.2, -0.15) is 0 Å². The summed E-state index contributed by atoms with van der Waals surface area (Å²) in [5.41, 5.74) is 1.05. The van der Waals surface area contributed by atoms with Gasteiger partial charge in [0, 0.05) is 56.4 Å². The molecule has 37 heavy (non-hydrogen) atoms. The highest BCUT2D eigenvalue weighted by Crippen LogP contribution is 2.33. The number of benzene rings is 2. The zero-order chi connectivity index (χ0) is 26.3. The molecule has 0 aliphatic carbocycles. The van der Waals surface area contributed by atoms with E-state index in [1.165, 1.54) is 21.9 Å². The lowest BCUT2D eigenvalue weighted by atomic mass is 10.1. The molecule has 2 aromatic carbocycles. The Bertz CT molecular complexity index is 1600. The first-order chi connectivity index (χ1) is 17.7. The van der Waals surface area contributed by atoms with Crippen molar-refractivity contribution in [2.75, 3.05) is 44.2 Å². The first-order valence-electron chi connectivity index (χ1n) is 12.2. The number of anilines is 1. The second-order valence-electron chi connectivity index (χ2n) is 8.98. The maximum atomic E-state index is 13.2. The molecule has 5 rings (SSSR count). The van der Waals surface area contributed by atoms with Crippen molar-refractivity contribution < 1.29 is 22.4 Å². The summed E-state index contributed by atoms with van der Waals surface area (Å²) in [6, 6.07) is 13.6. The zero-order valence-corrected chi connectivity index (χ0v) is 21.5. The van der Waals surface area contributed by atoms with Crippen molar-refractivity contribution >= 4 is 44.4 Å². The second kappa shape index (κ2) is 9.51. The number of fused-ring (bicyclic) bond motifs is 2. The van der Waals surface area contributed by atoms with Crippen LogP contribution in [-0.4, -0.2) is 69.3 Å². The minimum Gasteiger partial charge on any atom is -0.422 e. The number of sulfone groups is 1. The van der Waals surface area contributed by atoms with E-state index in [4.69, 9.17) is 4.42 Å². The number of hydrogen-bond donors (Lipinski definition) is 0. The highest BCUT2D eigenvalue weighted by molar-refractivity contribution is 7.96. The molecule has 10 heteroatoms. The van der Waals surface area contributed by atoms with E-state index in [-0.39, 0.29) is 41.5 Å². The van der Waals surface area contributed by atoms with E-state index in [2.05, 4.69) is 4.90 Å². The Labute approximate surface area is 214 Å². The van der Waals surface area contributed by atoms with Gasteiger partial charge in [-0.05, 0) is 49.8 Å². The molecule has 0 saturated carbocycles. The Morgan fingerprint density at radius 3 is 2.22 bits per heavy atom. The van der Waals surface area contributed by atoms with Gasteiger partial charge < -0.3 is 19.1 Å². The Morgan fingerprint density at radius 1 is 0.919 bits per heavy atom. The van der Waals surface area contributed by atoms with Gasteiger partial charge in [0.25, 0.3) is 11.8 Å². The molecule has 1 saturated heterocycles. The molecule has 0 atom stereocenters. The van der Waals surface area contributed by atoms with Crippen LogP contribution in [0.2, 0.25) is 0 Å². The highest BCUT2D eigenvalue weighted by Gasteiger charge is 2.37. The molecule has 192 valence electrons. The Hall–Kier alpha value is -3.92. The fraction of sp³-hybridized carbons (Fsp3) is 0.296. The van der Waals surface area contributed by atoms with E-state index in [1.807, 2.05) is 26.0 Å². The third kappa shape index (κ3) is 4.31. The minimum atomic E-state index is -3.87. The smallest absolute Gasteiger partial charge is 0.349 e. The molecule has 3 aromatic rings. The Kier molecular flexibility index (Phi) is 6.36. The summed E-state index contributed by atoms with van der Waals surface area (Å²) < 4.78 is 31.2. The summed E-state index contributed by atoms with van der Waals surface area (Å²) in [5, 5.41) is 0.644. The van der Waals surface area contributed by atoms with Gasteiger partial charge in [0.1, 0.15) is 16.1 Å². The number of piperazine rings is 1. The van der Waals surface area contributed by atoms with Crippen molar-refractivity contribution in [1.82, 2.24) is 9.80 Å². The van der Waals surface area contributed by atoms with Crippen LogP contribution in [0.15, 0.2) is 67.5 Å². The molecule has 9 nitrogen and oxygen atoms in total. The third-order valence-electron chi connectivity index (χ3n) is 6.93. The van der Waals surface area contributed by atoms with Crippen LogP contribution in [0.25, 0.3) is 17.0 Å². The van der Waals surface area contributed by atoms with Crippen molar-refractivity contribution in [1.29, 1.82) is 0 Å². The molecule has 2 amide bonds. The summed E-state index contributed by atoms with van der Waals surface area (Å²) in [7, 11) is -3.87. The number of hydrogen-bond acceptors (Lipinski definition) is 7. The van der Waals surface area contributed by atoms with E-state index in [1.54, 1.807) is 30.3 Å². The molecule has 2 aliphatic heterocycles. The lowest BCUT2D eigenvalue weighted by molar-refractivity contribution is -0.127. The van der Waals surface area contributed by atoms with Crippen LogP contribution in [0.3, 0.4) is 0 Å². The molecule has 0 unspecified atom stereocenters. The van der Waals surface area contributed by atoms with Crippen LogP contribution in [0.4, 0.5) is 5.69 Å². The van der Waals surface area contributed by atoms with Crippen LogP contribution in [0, 0.1) is 0 Å². The van der Waals surface area contributed by atoms with Gasteiger partial charge in [0.05, 0.1) is 4.90 Å². The summed E-state index contributed by atoms with van der Waals surface area (Å²) in [6.07, 6.45) is 1.40. The molecular weight excluding hydrogens is 494 g/mol. The summed E-state index contributed by atoms with van der Waals surface area (Å²) in [5.74, 6) is -1.06. The van der Waals surface area contributed by atoms with Crippen LogP contribution in [0.5, 0.6) is 0 Å². The van der Waals surface area contributed by atoms with Gasteiger partial charge in [-0.1, -0.05) is 18.2 Å². The predicted octanol–water partition coefficient (Wildman–Crippen LogP) is 2.75. The predicted molar refractivity (Wildman–Crippen MR) is 140 cm³/mol. The largest absolute Gasteiger partial charge is 0.422 e. The topological polar surface area (TPSA) is 108 Å². The first-order valence-corrected chi connectivity index (χ1v) is 13.7. The van der Waals surface area contributed by atoms with E-state index in [0.29, 0.717) is 16.5 Å². The molecule has 0 N–H and O–H groups in total. The van der Waals surface area contributed by atoms with Crippen LogP contribution < -0.4 is 10.5 Å². The molecule has 0 spiro atoms. The number of rotatable bonds is 5. The maximum absolute atomic E-state index is 13.2. The molecule has 1 fully saturated rings. The average molecular weight is 522 g/mol. The fourth-order valence-corrected chi connectivity index (χ4v) is 6.40. The van der Waals surface area contributed by atoms with Crippen LogP contribution in [0.1, 0.15) is 29.8 Å². The molecule has 0 bridgehead atoms. The standard InChI is InChI=1S/C27H27N3O6S/c1-3-28(4-2)20-10-9-18-15-21(27(33)36-22(18)17-20)25(31)29-11-13-30(14-12-29)26(32)24-16-19-7-5-6-8-23(19)37(24,34)35/h5-10,15-17H,3-4,11-14H2,1-2H3. The normalized spacial score (nSPS) is 16.4. The lowest BCUT2D eigenvalue weighted by Crippen LogP contribution is -2.51. The Morgan fingerprint density at radius 2 is 1.57 bits per heavy atom. The molecule has 3 heterocycles. The van der Waals surface area contributed by atoms with Gasteiger partial charge >= 0.3 is 5.63 Å². The van der Waals surface area contributed by atoms with Gasteiger partial charge in [-0.15, -0.1) is 0 Å². The van der Waals surface area contributed by atoms with Gasteiger partial charge in [0.2, 0.25) is 9.84 Å². The maximum Gasteiger partial charge on any atom is 0.349 e. The minimum absolute atomic E-state index is 0.0700. The van der Waals surface area contributed by atoms with Crippen LogP contribution >= 0.6 is 0 Å². The van der Waals surface area contributed by atoms with Crippen LogP contribution in [-0.2, 0) is 14.6 Å². The van der Waals surface area contributed by atoms with Gasteiger partial charge in [0.15, 0.2) is 0 Å². The van der Waals surface area contributed by atoms with Crippen molar-refractivity contribution in [3.63, 3.8) is 0 Å². The first kappa shape index (κ1) is 24.8. The molecular formula is C27H27N3O6S. The highest BCUT2D eigenvalue weighted by atomic mass is 32.2. The summed E-state index contributed by atoms with van der Waals surface area (Å²) >= 11 is 0. The quantitative estimate of drug-likeness (QED) is 0.475. The molecule has 0 radical (unpaired) electrons. The second-order valence-corrected chi connectivity index (χ2v) is 10.9. The number of carbonyl (C=O) groups excluding carboxylic acids is 2. The SMILES string of the molecule is CCN(CC)c1ccc2cc(C(=O)N3CCN(C(=O)C4=Cc5ccccc5S4(=O)=O)CC3)c(=O)oc2c1. The van der Waals surface area contributed by atoms with E-state index in [9.17, 15) is 22.8 Å². The molecule has 2 aliphatic rings. The van der Waals surface area contributed by atoms with Crippen molar-refractivity contribution in [2.45, 2.75) is 18.7 Å². The van der Waals surface area contributed by atoms with E-state index < -0.39 is 27.3 Å². The van der Waals surface area contributed by atoms with Crippen molar-refractivity contribution in [3.8, 4) is 0 Å². The third-order valence-corrected chi connectivity index (χ3v) is 8.75. The lowest BCUT2D eigenvalue weighted by Gasteiger charge is -2.34. The van der Waals surface area contributed by atoms with Crippen molar-refractivity contribution in [2.24, 2.45) is 0 Å². The number of carbonyl (C=O) groups is 2.